The fourth-order valence-electron chi connectivity index (χ4n) is 1.98. The standard InChI is InChI=1S/C15H11FN2O2/c16-11-8-10(5-6-14(11)19)17-15(20)13-7-9-3-1-2-4-12(9)18-13/h1-8,18-19H,(H,17,20). The van der Waals surface area contributed by atoms with E-state index in [2.05, 4.69) is 10.3 Å². The van der Waals surface area contributed by atoms with Gasteiger partial charge in [-0.05, 0) is 24.3 Å². The average Bonchev–Trinajstić information content (AvgIpc) is 2.87. The Hall–Kier alpha value is -2.82. The van der Waals surface area contributed by atoms with Crippen molar-refractivity contribution in [3.05, 3.63) is 60.0 Å². The smallest absolute Gasteiger partial charge is 0.272 e. The number of rotatable bonds is 2. The molecule has 3 N–H and O–H groups in total. The second kappa shape index (κ2) is 4.70. The number of fused-ring (bicyclic) bond motifs is 1. The number of H-pyrrole nitrogens is 1. The first kappa shape index (κ1) is 12.2. The maximum Gasteiger partial charge on any atom is 0.272 e. The summed E-state index contributed by atoms with van der Waals surface area (Å²) in [5, 5.41) is 12.6. The summed E-state index contributed by atoms with van der Waals surface area (Å²) >= 11 is 0. The zero-order valence-corrected chi connectivity index (χ0v) is 10.4. The van der Waals surface area contributed by atoms with Gasteiger partial charge in [-0.2, -0.15) is 0 Å². The van der Waals surface area contributed by atoms with Crippen LogP contribution in [0.15, 0.2) is 48.5 Å². The molecule has 3 rings (SSSR count). The molecule has 20 heavy (non-hydrogen) atoms. The van der Waals surface area contributed by atoms with Crippen LogP contribution in [0, 0.1) is 5.82 Å². The van der Waals surface area contributed by atoms with Gasteiger partial charge < -0.3 is 15.4 Å². The average molecular weight is 270 g/mol. The zero-order valence-electron chi connectivity index (χ0n) is 10.4. The summed E-state index contributed by atoms with van der Waals surface area (Å²) in [6, 6.07) is 12.9. The van der Waals surface area contributed by atoms with E-state index in [4.69, 9.17) is 5.11 Å². The lowest BCUT2D eigenvalue weighted by Gasteiger charge is -2.04. The summed E-state index contributed by atoms with van der Waals surface area (Å²) in [7, 11) is 0. The Balaban J connectivity index is 1.86. The van der Waals surface area contributed by atoms with Gasteiger partial charge in [0.25, 0.3) is 5.91 Å². The number of halogens is 1. The first-order valence-corrected chi connectivity index (χ1v) is 6.01. The number of hydrogen-bond donors (Lipinski definition) is 3. The molecule has 1 aromatic heterocycles. The van der Waals surface area contributed by atoms with E-state index >= 15 is 0 Å². The second-order valence-electron chi connectivity index (χ2n) is 4.39. The molecule has 5 heteroatoms. The predicted octanol–water partition coefficient (Wildman–Crippen LogP) is 3.26. The van der Waals surface area contributed by atoms with Crippen molar-refractivity contribution < 1.29 is 14.3 Å². The maximum absolute atomic E-state index is 13.2. The number of aromatic nitrogens is 1. The molecule has 3 aromatic rings. The normalized spacial score (nSPS) is 10.7. The predicted molar refractivity (Wildman–Crippen MR) is 74.3 cm³/mol. The lowest BCUT2D eigenvalue weighted by molar-refractivity contribution is 0.102. The zero-order chi connectivity index (χ0) is 14.1. The quantitative estimate of drug-likeness (QED) is 0.626. The van der Waals surface area contributed by atoms with Crippen LogP contribution in [0.4, 0.5) is 10.1 Å². The number of para-hydroxylation sites is 1. The molecule has 0 spiro atoms. The molecule has 1 amide bonds. The van der Waals surface area contributed by atoms with E-state index in [1.807, 2.05) is 24.3 Å². The van der Waals surface area contributed by atoms with Crippen molar-refractivity contribution in [1.29, 1.82) is 0 Å². The molecular formula is C15H11FN2O2. The molecule has 100 valence electrons. The third-order valence-electron chi connectivity index (χ3n) is 2.98. The van der Waals surface area contributed by atoms with Crippen LogP contribution in [0.25, 0.3) is 10.9 Å². The summed E-state index contributed by atoms with van der Waals surface area (Å²) in [5.41, 5.74) is 1.53. The van der Waals surface area contributed by atoms with Gasteiger partial charge in [0.2, 0.25) is 0 Å². The highest BCUT2D eigenvalue weighted by Gasteiger charge is 2.10. The molecular weight excluding hydrogens is 259 g/mol. The van der Waals surface area contributed by atoms with E-state index < -0.39 is 11.6 Å². The number of aromatic amines is 1. The van der Waals surface area contributed by atoms with Crippen molar-refractivity contribution >= 4 is 22.5 Å². The number of amides is 1. The summed E-state index contributed by atoms with van der Waals surface area (Å²) in [5.74, 6) is -1.60. The van der Waals surface area contributed by atoms with Gasteiger partial charge in [0.1, 0.15) is 5.69 Å². The Bertz CT molecular complexity index is 762. The lowest BCUT2D eigenvalue weighted by atomic mass is 10.2. The SMILES string of the molecule is O=C(Nc1ccc(O)c(F)c1)c1cc2ccccc2[nH]1. The number of phenols is 1. The van der Waals surface area contributed by atoms with Gasteiger partial charge in [-0.25, -0.2) is 4.39 Å². The van der Waals surface area contributed by atoms with Crippen molar-refractivity contribution in [1.82, 2.24) is 4.98 Å². The molecule has 0 aliphatic rings. The van der Waals surface area contributed by atoms with E-state index in [0.29, 0.717) is 5.69 Å². The van der Waals surface area contributed by atoms with E-state index in [1.165, 1.54) is 12.1 Å². The molecule has 1 heterocycles. The second-order valence-corrected chi connectivity index (χ2v) is 4.39. The summed E-state index contributed by atoms with van der Waals surface area (Å²) < 4.78 is 13.2. The van der Waals surface area contributed by atoms with Crippen molar-refractivity contribution in [2.24, 2.45) is 0 Å². The molecule has 4 nitrogen and oxygen atoms in total. The number of aromatic hydroxyl groups is 1. The van der Waals surface area contributed by atoms with Crippen LogP contribution in [0.5, 0.6) is 5.75 Å². The molecule has 0 unspecified atom stereocenters. The Morgan fingerprint density at radius 1 is 1.15 bits per heavy atom. The third-order valence-corrected chi connectivity index (χ3v) is 2.98. The number of nitrogens with one attached hydrogen (secondary N) is 2. The van der Waals surface area contributed by atoms with Crippen LogP contribution in [-0.4, -0.2) is 16.0 Å². The van der Waals surface area contributed by atoms with Crippen molar-refractivity contribution in [2.45, 2.75) is 0 Å². The molecule has 0 saturated carbocycles. The first-order valence-electron chi connectivity index (χ1n) is 6.01. The summed E-state index contributed by atoms with van der Waals surface area (Å²) in [4.78, 5) is 15.0. The van der Waals surface area contributed by atoms with Gasteiger partial charge in [-0.15, -0.1) is 0 Å². The molecule has 2 aromatic carbocycles. The fraction of sp³-hybridized carbons (Fsp3) is 0. The molecule has 0 saturated heterocycles. The monoisotopic (exact) mass is 270 g/mol. The molecule has 0 aliphatic carbocycles. The Labute approximate surface area is 113 Å². The fourth-order valence-corrected chi connectivity index (χ4v) is 1.98. The number of carbonyl (C=O) groups is 1. The molecule has 0 fully saturated rings. The minimum Gasteiger partial charge on any atom is -0.505 e. The van der Waals surface area contributed by atoms with E-state index in [0.717, 1.165) is 17.0 Å². The van der Waals surface area contributed by atoms with Crippen molar-refractivity contribution in [3.63, 3.8) is 0 Å². The Morgan fingerprint density at radius 3 is 2.70 bits per heavy atom. The van der Waals surface area contributed by atoms with Crippen LogP contribution in [-0.2, 0) is 0 Å². The van der Waals surface area contributed by atoms with Gasteiger partial charge >= 0.3 is 0 Å². The molecule has 0 aliphatic heterocycles. The molecule has 0 atom stereocenters. The van der Waals surface area contributed by atoms with E-state index in [-0.39, 0.29) is 11.6 Å². The van der Waals surface area contributed by atoms with Gasteiger partial charge in [-0.3, -0.25) is 4.79 Å². The molecule has 0 bridgehead atoms. The van der Waals surface area contributed by atoms with E-state index in [1.54, 1.807) is 6.07 Å². The minimum atomic E-state index is -0.778. The van der Waals surface area contributed by atoms with Crippen LogP contribution in [0.2, 0.25) is 0 Å². The highest BCUT2D eigenvalue weighted by atomic mass is 19.1. The van der Waals surface area contributed by atoms with Crippen LogP contribution >= 0.6 is 0 Å². The summed E-state index contributed by atoms with van der Waals surface area (Å²) in [6.45, 7) is 0. The van der Waals surface area contributed by atoms with Crippen LogP contribution < -0.4 is 5.32 Å². The maximum atomic E-state index is 13.2. The van der Waals surface area contributed by atoms with Crippen LogP contribution in [0.1, 0.15) is 10.5 Å². The van der Waals surface area contributed by atoms with Crippen molar-refractivity contribution in [3.8, 4) is 5.75 Å². The topological polar surface area (TPSA) is 65.1 Å². The third kappa shape index (κ3) is 2.21. The van der Waals surface area contributed by atoms with Crippen LogP contribution in [0.3, 0.4) is 0 Å². The first-order chi connectivity index (χ1) is 9.63. The number of carbonyl (C=O) groups excluding carboxylic acids is 1. The highest BCUT2D eigenvalue weighted by molar-refractivity contribution is 6.05. The van der Waals surface area contributed by atoms with Gasteiger partial charge in [-0.1, -0.05) is 18.2 Å². The number of hydrogen-bond acceptors (Lipinski definition) is 2. The Kier molecular flexibility index (Phi) is 2.87. The van der Waals surface area contributed by atoms with Gasteiger partial charge in [0.15, 0.2) is 11.6 Å². The number of anilines is 1. The van der Waals surface area contributed by atoms with Crippen molar-refractivity contribution in [2.75, 3.05) is 5.32 Å². The Morgan fingerprint density at radius 2 is 1.95 bits per heavy atom. The lowest BCUT2D eigenvalue weighted by Crippen LogP contribution is -2.12. The van der Waals surface area contributed by atoms with E-state index in [9.17, 15) is 9.18 Å². The number of benzene rings is 2. The molecule has 0 radical (unpaired) electrons. The minimum absolute atomic E-state index is 0.281. The van der Waals surface area contributed by atoms with Gasteiger partial charge in [0, 0.05) is 22.7 Å². The van der Waals surface area contributed by atoms with Gasteiger partial charge in [0.05, 0.1) is 0 Å². The largest absolute Gasteiger partial charge is 0.505 e. The number of phenolic OH excluding ortho intramolecular Hbond substituents is 1. The highest BCUT2D eigenvalue weighted by Crippen LogP contribution is 2.20. The summed E-state index contributed by atoms with van der Waals surface area (Å²) in [6.07, 6.45) is 0.